The standard InChI is InChI=1S/C14H22N4O3/c1-10-6-12(13(19)20)4-5-18(10)14(21)16(2)8-11-7-15-17(3)9-11/h7,9-10,12H,4-6,8H2,1-3H3,(H,19,20). The molecule has 0 bridgehead atoms. The maximum absolute atomic E-state index is 12.5. The second-order valence-corrected chi connectivity index (χ2v) is 5.76. The van der Waals surface area contributed by atoms with Crippen LogP contribution in [-0.4, -0.2) is 56.3 Å². The molecule has 0 aromatic carbocycles. The van der Waals surface area contributed by atoms with Gasteiger partial charge in [0.2, 0.25) is 0 Å². The molecule has 7 heteroatoms. The molecule has 2 rings (SSSR count). The summed E-state index contributed by atoms with van der Waals surface area (Å²) in [5, 5.41) is 13.1. The third kappa shape index (κ3) is 3.53. The van der Waals surface area contributed by atoms with E-state index in [1.54, 1.807) is 27.7 Å². The van der Waals surface area contributed by atoms with Crippen LogP contribution in [0.1, 0.15) is 25.3 Å². The Morgan fingerprint density at radius 1 is 1.52 bits per heavy atom. The third-order valence-corrected chi connectivity index (χ3v) is 3.98. The molecule has 21 heavy (non-hydrogen) atoms. The highest BCUT2D eigenvalue weighted by molar-refractivity contribution is 5.75. The number of carboxylic acids is 1. The zero-order chi connectivity index (χ0) is 15.6. The summed E-state index contributed by atoms with van der Waals surface area (Å²) in [6.45, 7) is 2.90. The Kier molecular flexibility index (Phi) is 4.50. The number of piperidine rings is 1. The molecule has 0 radical (unpaired) electrons. The number of aromatic nitrogens is 2. The molecule has 1 N–H and O–H groups in total. The first-order valence-corrected chi connectivity index (χ1v) is 7.10. The molecule has 2 heterocycles. The molecule has 1 aromatic heterocycles. The molecule has 1 fully saturated rings. The van der Waals surface area contributed by atoms with Gasteiger partial charge in [0.25, 0.3) is 0 Å². The van der Waals surface area contributed by atoms with Crippen molar-refractivity contribution in [2.45, 2.75) is 32.4 Å². The van der Waals surface area contributed by atoms with Crippen LogP contribution in [0, 0.1) is 5.92 Å². The van der Waals surface area contributed by atoms with Crippen LogP contribution < -0.4 is 0 Å². The van der Waals surface area contributed by atoms with E-state index in [1.165, 1.54) is 0 Å². The van der Waals surface area contributed by atoms with Crippen LogP contribution >= 0.6 is 0 Å². The van der Waals surface area contributed by atoms with E-state index in [4.69, 9.17) is 5.11 Å². The zero-order valence-electron chi connectivity index (χ0n) is 12.7. The quantitative estimate of drug-likeness (QED) is 0.907. The highest BCUT2D eigenvalue weighted by Gasteiger charge is 2.33. The molecule has 1 saturated heterocycles. The number of carbonyl (C=O) groups is 2. The van der Waals surface area contributed by atoms with Crippen molar-refractivity contribution in [1.29, 1.82) is 0 Å². The molecule has 0 aliphatic carbocycles. The van der Waals surface area contributed by atoms with E-state index in [-0.39, 0.29) is 18.0 Å². The van der Waals surface area contributed by atoms with Crippen molar-refractivity contribution in [3.8, 4) is 0 Å². The van der Waals surface area contributed by atoms with E-state index in [1.807, 2.05) is 20.2 Å². The maximum atomic E-state index is 12.5. The molecule has 1 aliphatic heterocycles. The molecule has 0 spiro atoms. The predicted molar refractivity (Wildman–Crippen MR) is 76.6 cm³/mol. The monoisotopic (exact) mass is 294 g/mol. The Morgan fingerprint density at radius 2 is 2.24 bits per heavy atom. The summed E-state index contributed by atoms with van der Waals surface area (Å²) in [6, 6.07) is -0.112. The number of amides is 2. The van der Waals surface area contributed by atoms with Crippen molar-refractivity contribution in [2.24, 2.45) is 13.0 Å². The molecular weight excluding hydrogens is 272 g/mol. The molecule has 0 saturated carbocycles. The Morgan fingerprint density at radius 3 is 2.76 bits per heavy atom. The largest absolute Gasteiger partial charge is 0.481 e. The van der Waals surface area contributed by atoms with Crippen LogP contribution in [-0.2, 0) is 18.4 Å². The third-order valence-electron chi connectivity index (χ3n) is 3.98. The average molecular weight is 294 g/mol. The smallest absolute Gasteiger partial charge is 0.320 e. The topological polar surface area (TPSA) is 78.7 Å². The van der Waals surface area contributed by atoms with Crippen molar-refractivity contribution in [2.75, 3.05) is 13.6 Å². The predicted octanol–water partition coefficient (Wildman–Crippen LogP) is 1.16. The lowest BCUT2D eigenvalue weighted by atomic mass is 9.92. The van der Waals surface area contributed by atoms with E-state index >= 15 is 0 Å². The number of urea groups is 1. The molecule has 1 aliphatic rings. The average Bonchev–Trinajstić information content (AvgIpc) is 2.83. The number of likely N-dealkylation sites (tertiary alicyclic amines) is 1. The van der Waals surface area contributed by atoms with Crippen LogP contribution in [0.4, 0.5) is 4.79 Å². The lowest BCUT2D eigenvalue weighted by Gasteiger charge is -2.38. The minimum atomic E-state index is -0.766. The van der Waals surface area contributed by atoms with Gasteiger partial charge in [-0.25, -0.2) is 4.79 Å². The minimum Gasteiger partial charge on any atom is -0.481 e. The lowest BCUT2D eigenvalue weighted by Crippen LogP contribution is -2.50. The summed E-state index contributed by atoms with van der Waals surface area (Å²) in [5.74, 6) is -1.11. The second-order valence-electron chi connectivity index (χ2n) is 5.76. The SMILES string of the molecule is CC1CC(C(=O)O)CCN1C(=O)N(C)Cc1cnn(C)c1. The number of carboxylic acid groups (broad SMARTS) is 1. The van der Waals surface area contributed by atoms with Gasteiger partial charge in [-0.3, -0.25) is 9.48 Å². The van der Waals surface area contributed by atoms with Gasteiger partial charge in [-0.2, -0.15) is 5.10 Å². The first kappa shape index (κ1) is 15.3. The van der Waals surface area contributed by atoms with Gasteiger partial charge in [0.1, 0.15) is 0 Å². The Bertz CT molecular complexity index is 528. The molecule has 7 nitrogen and oxygen atoms in total. The number of aliphatic carboxylic acids is 1. The fraction of sp³-hybridized carbons (Fsp3) is 0.643. The number of hydrogen-bond donors (Lipinski definition) is 1. The summed E-state index contributed by atoms with van der Waals surface area (Å²) in [7, 11) is 3.59. The van der Waals surface area contributed by atoms with Crippen molar-refractivity contribution in [3.63, 3.8) is 0 Å². The summed E-state index contributed by atoms with van der Waals surface area (Å²) < 4.78 is 1.70. The van der Waals surface area contributed by atoms with Crippen molar-refractivity contribution in [1.82, 2.24) is 19.6 Å². The number of nitrogens with zero attached hydrogens (tertiary/aromatic N) is 4. The van der Waals surface area contributed by atoms with Gasteiger partial charge in [-0.1, -0.05) is 0 Å². The molecule has 1 aromatic rings. The number of carbonyl (C=O) groups excluding carboxylic acids is 1. The van der Waals surface area contributed by atoms with Crippen LogP contribution in [0.5, 0.6) is 0 Å². The van der Waals surface area contributed by atoms with Gasteiger partial charge in [0, 0.05) is 38.4 Å². The summed E-state index contributed by atoms with van der Waals surface area (Å²) in [6.07, 6.45) is 4.65. The van der Waals surface area contributed by atoms with Crippen LogP contribution in [0.3, 0.4) is 0 Å². The number of aryl methyl sites for hydroxylation is 1. The fourth-order valence-electron chi connectivity index (χ4n) is 2.79. The highest BCUT2D eigenvalue weighted by atomic mass is 16.4. The van der Waals surface area contributed by atoms with Crippen LogP contribution in [0.25, 0.3) is 0 Å². The van der Waals surface area contributed by atoms with Gasteiger partial charge >= 0.3 is 12.0 Å². The van der Waals surface area contributed by atoms with Gasteiger partial charge in [-0.15, -0.1) is 0 Å². The van der Waals surface area contributed by atoms with E-state index < -0.39 is 5.97 Å². The first-order valence-electron chi connectivity index (χ1n) is 7.10. The van der Waals surface area contributed by atoms with E-state index in [0.29, 0.717) is 25.9 Å². The van der Waals surface area contributed by atoms with E-state index in [0.717, 1.165) is 5.56 Å². The zero-order valence-corrected chi connectivity index (χ0v) is 12.7. The number of rotatable bonds is 3. The van der Waals surface area contributed by atoms with Crippen LogP contribution in [0.15, 0.2) is 12.4 Å². The van der Waals surface area contributed by atoms with Crippen molar-refractivity contribution in [3.05, 3.63) is 18.0 Å². The van der Waals surface area contributed by atoms with Gasteiger partial charge in [0.05, 0.1) is 18.7 Å². The van der Waals surface area contributed by atoms with Gasteiger partial charge in [-0.05, 0) is 19.8 Å². The minimum absolute atomic E-state index is 0.0521. The normalized spacial score (nSPS) is 22.1. The molecular formula is C14H22N4O3. The first-order chi connectivity index (χ1) is 9.88. The van der Waals surface area contributed by atoms with Gasteiger partial charge < -0.3 is 14.9 Å². The Hall–Kier alpha value is -2.05. The summed E-state index contributed by atoms with van der Waals surface area (Å²) in [4.78, 5) is 26.9. The van der Waals surface area contributed by atoms with Crippen molar-refractivity contribution < 1.29 is 14.7 Å². The summed E-state index contributed by atoms with van der Waals surface area (Å²) >= 11 is 0. The maximum Gasteiger partial charge on any atom is 0.320 e. The molecule has 116 valence electrons. The highest BCUT2D eigenvalue weighted by Crippen LogP contribution is 2.24. The summed E-state index contributed by atoms with van der Waals surface area (Å²) in [5.41, 5.74) is 0.974. The van der Waals surface area contributed by atoms with E-state index in [9.17, 15) is 9.59 Å². The fourth-order valence-corrected chi connectivity index (χ4v) is 2.79. The lowest BCUT2D eigenvalue weighted by molar-refractivity contribution is -0.143. The van der Waals surface area contributed by atoms with Gasteiger partial charge in [0.15, 0.2) is 0 Å². The molecule has 2 unspecified atom stereocenters. The van der Waals surface area contributed by atoms with Crippen molar-refractivity contribution >= 4 is 12.0 Å². The molecule has 2 amide bonds. The number of hydrogen-bond acceptors (Lipinski definition) is 3. The van der Waals surface area contributed by atoms with Crippen LogP contribution in [0.2, 0.25) is 0 Å². The molecule has 2 atom stereocenters. The Balaban J connectivity index is 1.95. The Labute approximate surface area is 124 Å². The van der Waals surface area contributed by atoms with E-state index in [2.05, 4.69) is 5.10 Å². The second kappa shape index (κ2) is 6.15.